The normalized spacial score (nSPS) is 24.2. The van der Waals surface area contributed by atoms with Crippen molar-refractivity contribution in [3.05, 3.63) is 41.5 Å². The van der Waals surface area contributed by atoms with E-state index >= 15 is 0 Å². The second kappa shape index (κ2) is 5.80. The van der Waals surface area contributed by atoms with E-state index in [4.69, 9.17) is 0 Å². The zero-order valence-electron chi connectivity index (χ0n) is 12.1. The summed E-state index contributed by atoms with van der Waals surface area (Å²) in [6.07, 6.45) is 5.47. The van der Waals surface area contributed by atoms with Gasteiger partial charge in [0, 0.05) is 26.7 Å². The fourth-order valence-electron chi connectivity index (χ4n) is 3.19. The lowest BCUT2D eigenvalue weighted by Gasteiger charge is -2.32. The smallest absolute Gasteiger partial charge is 0.239 e. The minimum absolute atomic E-state index is 0.137. The number of nitrogens with zero attached hydrogens (tertiary/aromatic N) is 2. The van der Waals surface area contributed by atoms with Crippen molar-refractivity contribution in [3.63, 3.8) is 0 Å². The van der Waals surface area contributed by atoms with E-state index in [1.54, 1.807) is 0 Å². The maximum Gasteiger partial charge on any atom is 0.239 e. The largest absolute Gasteiger partial charge is 0.344 e. The molecule has 20 heavy (non-hydrogen) atoms. The number of hydrogen-bond donors (Lipinski definition) is 0. The van der Waals surface area contributed by atoms with Crippen LogP contribution >= 0.6 is 0 Å². The highest BCUT2D eigenvalue weighted by Gasteiger charge is 2.34. The van der Waals surface area contributed by atoms with Crippen LogP contribution in [0, 0.1) is 0 Å². The summed E-state index contributed by atoms with van der Waals surface area (Å²) in [5, 5.41) is 0. The number of carbonyl (C=O) groups is 1. The molecule has 1 aromatic carbocycles. The molecular weight excluding hydrogens is 248 g/mol. The van der Waals surface area contributed by atoms with E-state index in [-0.39, 0.29) is 6.04 Å². The molecule has 0 aromatic heterocycles. The van der Waals surface area contributed by atoms with Gasteiger partial charge in [-0.15, -0.1) is 0 Å². The van der Waals surface area contributed by atoms with Crippen molar-refractivity contribution in [3.8, 4) is 0 Å². The number of likely N-dealkylation sites (N-methyl/N-ethyl adjacent to an activating group) is 1. The Morgan fingerprint density at radius 3 is 2.40 bits per heavy atom. The van der Waals surface area contributed by atoms with Crippen LogP contribution in [0.3, 0.4) is 0 Å². The molecule has 0 N–H and O–H groups in total. The molecule has 3 rings (SSSR count). The van der Waals surface area contributed by atoms with Crippen molar-refractivity contribution < 1.29 is 4.79 Å². The molecule has 1 unspecified atom stereocenters. The molecule has 0 aliphatic carbocycles. The highest BCUT2D eigenvalue weighted by molar-refractivity contribution is 5.83. The average molecular weight is 270 g/mol. The van der Waals surface area contributed by atoms with Gasteiger partial charge in [-0.25, -0.2) is 0 Å². The molecule has 0 spiro atoms. The summed E-state index contributed by atoms with van der Waals surface area (Å²) in [5.41, 5.74) is 2.79. The lowest BCUT2D eigenvalue weighted by atomic mass is 9.99. The molecule has 3 heteroatoms. The van der Waals surface area contributed by atoms with Gasteiger partial charge in [0.15, 0.2) is 0 Å². The Morgan fingerprint density at radius 1 is 1.10 bits per heavy atom. The lowest BCUT2D eigenvalue weighted by Crippen LogP contribution is -2.44. The second-order valence-electron chi connectivity index (χ2n) is 5.81. The fourth-order valence-corrected chi connectivity index (χ4v) is 3.19. The Labute approximate surface area is 120 Å². The van der Waals surface area contributed by atoms with Crippen molar-refractivity contribution in [1.82, 2.24) is 9.80 Å². The summed E-state index contributed by atoms with van der Waals surface area (Å²) in [6.45, 7) is 2.94. The minimum Gasteiger partial charge on any atom is -0.344 e. The molecular formula is C17H22N2O. The first-order valence-electron chi connectivity index (χ1n) is 7.47. The van der Waals surface area contributed by atoms with Gasteiger partial charge in [0.25, 0.3) is 0 Å². The van der Waals surface area contributed by atoms with Crippen LogP contribution in [0.1, 0.15) is 24.8 Å². The van der Waals surface area contributed by atoms with Crippen LogP contribution in [0.25, 0.3) is 6.08 Å². The Morgan fingerprint density at radius 2 is 1.80 bits per heavy atom. The summed E-state index contributed by atoms with van der Waals surface area (Å²) in [6, 6.07) is 10.6. The first-order chi connectivity index (χ1) is 9.74. The summed E-state index contributed by atoms with van der Waals surface area (Å²) in [5.74, 6) is 0.306. The summed E-state index contributed by atoms with van der Waals surface area (Å²) >= 11 is 0. The molecule has 0 saturated carbocycles. The number of benzene rings is 1. The molecule has 2 aliphatic heterocycles. The maximum absolute atomic E-state index is 12.0. The third kappa shape index (κ3) is 2.78. The van der Waals surface area contributed by atoms with Crippen molar-refractivity contribution in [2.24, 2.45) is 0 Å². The first kappa shape index (κ1) is 13.4. The van der Waals surface area contributed by atoms with Crippen molar-refractivity contribution in [1.29, 1.82) is 0 Å². The Balaban J connectivity index is 1.60. The summed E-state index contributed by atoms with van der Waals surface area (Å²) < 4.78 is 0. The van der Waals surface area contributed by atoms with Crippen LogP contribution in [0.5, 0.6) is 0 Å². The number of amides is 1. The molecule has 2 aliphatic rings. The van der Waals surface area contributed by atoms with Gasteiger partial charge >= 0.3 is 0 Å². The van der Waals surface area contributed by atoms with E-state index in [0.29, 0.717) is 5.91 Å². The standard InChI is InChI=1S/C17H22N2O/c1-18-10-9-16(17(18)20)19-11-7-15(8-12-19)13-14-5-3-2-4-6-14/h2-6,13,16H,7-12H2,1H3. The van der Waals surface area contributed by atoms with Crippen LogP contribution < -0.4 is 0 Å². The SMILES string of the molecule is CN1CCC(N2CCC(=Cc3ccccc3)CC2)C1=O. The van der Waals surface area contributed by atoms with E-state index in [1.165, 1.54) is 11.1 Å². The fraction of sp³-hybridized carbons (Fsp3) is 0.471. The number of hydrogen-bond acceptors (Lipinski definition) is 2. The third-order valence-electron chi connectivity index (χ3n) is 4.45. The number of piperidine rings is 1. The lowest BCUT2D eigenvalue weighted by molar-refractivity contribution is -0.131. The monoisotopic (exact) mass is 270 g/mol. The van der Waals surface area contributed by atoms with E-state index in [0.717, 1.165) is 38.9 Å². The average Bonchev–Trinajstić information content (AvgIpc) is 2.81. The molecule has 1 atom stereocenters. The van der Waals surface area contributed by atoms with Gasteiger partial charge in [-0.05, 0) is 24.8 Å². The third-order valence-corrected chi connectivity index (χ3v) is 4.45. The summed E-state index contributed by atoms with van der Waals surface area (Å²) in [7, 11) is 1.91. The number of carbonyl (C=O) groups excluding carboxylic acids is 1. The van der Waals surface area contributed by atoms with E-state index < -0.39 is 0 Å². The predicted molar refractivity (Wildman–Crippen MR) is 81.3 cm³/mol. The zero-order chi connectivity index (χ0) is 13.9. The molecule has 0 bridgehead atoms. The molecule has 3 nitrogen and oxygen atoms in total. The van der Waals surface area contributed by atoms with Gasteiger partial charge in [-0.1, -0.05) is 42.0 Å². The maximum atomic E-state index is 12.0. The Kier molecular flexibility index (Phi) is 3.88. The van der Waals surface area contributed by atoms with Crippen LogP contribution in [0.2, 0.25) is 0 Å². The van der Waals surface area contributed by atoms with Gasteiger partial charge < -0.3 is 4.90 Å². The Bertz CT molecular complexity index is 499. The van der Waals surface area contributed by atoms with Crippen molar-refractivity contribution >= 4 is 12.0 Å². The number of rotatable bonds is 2. The van der Waals surface area contributed by atoms with E-state index in [1.807, 2.05) is 18.0 Å². The topological polar surface area (TPSA) is 23.6 Å². The molecule has 106 valence electrons. The molecule has 1 aromatic rings. The predicted octanol–water partition coefficient (Wildman–Crippen LogP) is 2.40. The first-order valence-corrected chi connectivity index (χ1v) is 7.47. The van der Waals surface area contributed by atoms with Crippen LogP contribution in [-0.2, 0) is 4.79 Å². The minimum atomic E-state index is 0.137. The summed E-state index contributed by atoms with van der Waals surface area (Å²) in [4.78, 5) is 16.3. The van der Waals surface area contributed by atoms with Crippen molar-refractivity contribution in [2.45, 2.75) is 25.3 Å². The molecule has 2 heterocycles. The van der Waals surface area contributed by atoms with E-state index in [2.05, 4.69) is 35.2 Å². The molecule has 1 amide bonds. The van der Waals surface area contributed by atoms with E-state index in [9.17, 15) is 4.79 Å². The second-order valence-corrected chi connectivity index (χ2v) is 5.81. The van der Waals surface area contributed by atoms with Gasteiger partial charge in [-0.3, -0.25) is 9.69 Å². The van der Waals surface area contributed by atoms with Gasteiger partial charge in [0.2, 0.25) is 5.91 Å². The van der Waals surface area contributed by atoms with Gasteiger partial charge in [0.1, 0.15) is 0 Å². The van der Waals surface area contributed by atoms with Gasteiger partial charge in [-0.2, -0.15) is 0 Å². The molecule has 0 radical (unpaired) electrons. The zero-order valence-corrected chi connectivity index (χ0v) is 12.1. The highest BCUT2D eigenvalue weighted by atomic mass is 16.2. The van der Waals surface area contributed by atoms with Crippen molar-refractivity contribution in [2.75, 3.05) is 26.7 Å². The molecule has 2 saturated heterocycles. The number of likely N-dealkylation sites (tertiary alicyclic amines) is 2. The molecule has 2 fully saturated rings. The quantitative estimate of drug-likeness (QED) is 0.824. The van der Waals surface area contributed by atoms with Crippen LogP contribution in [-0.4, -0.2) is 48.4 Å². The highest BCUT2D eigenvalue weighted by Crippen LogP contribution is 2.24. The van der Waals surface area contributed by atoms with Gasteiger partial charge in [0.05, 0.1) is 6.04 Å². The van der Waals surface area contributed by atoms with Crippen LogP contribution in [0.15, 0.2) is 35.9 Å². The Hall–Kier alpha value is -1.61. The van der Waals surface area contributed by atoms with Crippen LogP contribution in [0.4, 0.5) is 0 Å².